The maximum absolute atomic E-state index is 12.5. The molecule has 4 fully saturated rings. The van der Waals surface area contributed by atoms with Crippen molar-refractivity contribution in [2.75, 3.05) is 0 Å². The minimum atomic E-state index is -3.35. The van der Waals surface area contributed by atoms with Crippen molar-refractivity contribution in [3.63, 3.8) is 0 Å². The first-order chi connectivity index (χ1) is 7.61. The normalized spacial score (nSPS) is 46.2. The summed E-state index contributed by atoms with van der Waals surface area (Å²) in [4.78, 5) is 0. The molecule has 0 N–H and O–H groups in total. The van der Waals surface area contributed by atoms with Crippen molar-refractivity contribution < 1.29 is 12.7 Å². The lowest BCUT2D eigenvalue weighted by Crippen LogP contribution is -2.50. The van der Waals surface area contributed by atoms with E-state index in [-0.39, 0.29) is 0 Å². The predicted octanol–water partition coefficient (Wildman–Crippen LogP) is 4.49. The van der Waals surface area contributed by atoms with Gasteiger partial charge in [-0.05, 0) is 56.3 Å². The van der Waals surface area contributed by atoms with E-state index in [0.717, 1.165) is 19.3 Å². The van der Waals surface area contributed by atoms with Gasteiger partial charge in [-0.3, -0.25) is 4.57 Å². The summed E-state index contributed by atoms with van der Waals surface area (Å²) < 4.78 is 21.8. The van der Waals surface area contributed by atoms with E-state index >= 15 is 0 Å². The van der Waals surface area contributed by atoms with Gasteiger partial charge in [-0.1, -0.05) is 0 Å². The van der Waals surface area contributed by atoms with Crippen molar-refractivity contribution >= 4 is 31.3 Å². The Morgan fingerprint density at radius 2 is 1.31 bits per heavy atom. The molecule has 0 aromatic carbocycles. The molecule has 0 unspecified atom stereocenters. The summed E-state index contributed by atoms with van der Waals surface area (Å²) in [6.07, 6.45) is 6.50. The van der Waals surface area contributed by atoms with E-state index in [2.05, 4.69) is 8.15 Å². The molecule has 0 spiro atoms. The molecule has 0 aromatic heterocycles. The van der Waals surface area contributed by atoms with E-state index in [1.807, 2.05) is 0 Å². The van der Waals surface area contributed by atoms with Crippen LogP contribution in [0.15, 0.2) is 0 Å². The van der Waals surface area contributed by atoms with E-state index in [0.29, 0.717) is 17.8 Å². The van der Waals surface area contributed by atoms with E-state index in [1.54, 1.807) is 0 Å². The Bertz CT molecular complexity index is 304. The molecular formula is C10H15Cl2O3P. The zero-order valence-corrected chi connectivity index (χ0v) is 11.3. The van der Waals surface area contributed by atoms with Gasteiger partial charge in [0.2, 0.25) is 0 Å². The van der Waals surface area contributed by atoms with Crippen molar-refractivity contribution in [2.24, 2.45) is 17.8 Å². The molecule has 0 amide bonds. The molecular weight excluding hydrogens is 270 g/mol. The quantitative estimate of drug-likeness (QED) is 0.717. The molecule has 4 saturated carbocycles. The summed E-state index contributed by atoms with van der Waals surface area (Å²) in [6.45, 7) is 0. The van der Waals surface area contributed by atoms with Crippen molar-refractivity contribution in [1.82, 2.24) is 0 Å². The van der Waals surface area contributed by atoms with Crippen LogP contribution in [0.1, 0.15) is 38.5 Å². The Labute approximate surface area is 106 Å². The van der Waals surface area contributed by atoms with Gasteiger partial charge in [0, 0.05) is 0 Å². The van der Waals surface area contributed by atoms with Crippen LogP contribution in [0.4, 0.5) is 0 Å². The Kier molecular flexibility index (Phi) is 2.85. The first-order valence-corrected chi connectivity index (χ1v) is 7.97. The Morgan fingerprint density at radius 3 is 1.62 bits per heavy atom. The molecule has 0 atom stereocenters. The van der Waals surface area contributed by atoms with Crippen LogP contribution in [0.3, 0.4) is 0 Å². The SMILES string of the molecule is O=P(OCl)(OCl)C12CC3CC(CC(C3)C1)C2. The van der Waals surface area contributed by atoms with Gasteiger partial charge in [-0.2, -0.15) is 8.15 Å². The van der Waals surface area contributed by atoms with Gasteiger partial charge in [0.05, 0.1) is 28.9 Å². The Morgan fingerprint density at radius 1 is 0.938 bits per heavy atom. The molecule has 0 saturated heterocycles. The number of hydrogen-bond acceptors (Lipinski definition) is 3. The average Bonchev–Trinajstić information content (AvgIpc) is 2.26. The van der Waals surface area contributed by atoms with Crippen LogP contribution in [-0.4, -0.2) is 5.16 Å². The number of hydrogen-bond donors (Lipinski definition) is 0. The van der Waals surface area contributed by atoms with Gasteiger partial charge >= 0.3 is 7.60 Å². The van der Waals surface area contributed by atoms with Gasteiger partial charge in [-0.15, -0.1) is 0 Å². The first kappa shape index (κ1) is 11.8. The molecule has 0 radical (unpaired) electrons. The smallest absolute Gasteiger partial charge is 0.257 e. The van der Waals surface area contributed by atoms with Gasteiger partial charge in [0.25, 0.3) is 0 Å². The van der Waals surface area contributed by atoms with Crippen LogP contribution >= 0.6 is 31.3 Å². The topological polar surface area (TPSA) is 35.5 Å². The van der Waals surface area contributed by atoms with Gasteiger partial charge in [0.15, 0.2) is 0 Å². The minimum absolute atomic E-state index is 0.398. The third-order valence-corrected chi connectivity index (χ3v) is 7.93. The van der Waals surface area contributed by atoms with Crippen molar-refractivity contribution in [3.8, 4) is 0 Å². The monoisotopic (exact) mass is 284 g/mol. The highest BCUT2D eigenvalue weighted by atomic mass is 35.5. The molecule has 4 aliphatic carbocycles. The molecule has 6 heteroatoms. The summed E-state index contributed by atoms with van der Waals surface area (Å²) in [5, 5.41) is -0.398. The largest absolute Gasteiger partial charge is 0.369 e. The molecule has 0 aromatic rings. The summed E-state index contributed by atoms with van der Waals surface area (Å²) in [7, 11) is -3.35. The van der Waals surface area contributed by atoms with Crippen LogP contribution in [0.25, 0.3) is 0 Å². The second kappa shape index (κ2) is 3.86. The van der Waals surface area contributed by atoms with E-state index in [4.69, 9.17) is 23.7 Å². The fourth-order valence-electron chi connectivity index (χ4n) is 4.56. The van der Waals surface area contributed by atoms with Gasteiger partial charge in [0.1, 0.15) is 0 Å². The number of halogens is 2. The zero-order chi connectivity index (χ0) is 11.4. The molecule has 0 aliphatic heterocycles. The maximum Gasteiger partial charge on any atom is 0.369 e. The highest BCUT2D eigenvalue weighted by Gasteiger charge is 2.61. The summed E-state index contributed by atoms with van der Waals surface area (Å²) in [5.41, 5.74) is 0. The summed E-state index contributed by atoms with van der Waals surface area (Å²) in [5.74, 6) is 2.00. The second-order valence-corrected chi connectivity index (χ2v) is 8.83. The Balaban J connectivity index is 1.96. The number of rotatable bonds is 3. The van der Waals surface area contributed by atoms with E-state index in [9.17, 15) is 4.57 Å². The fraction of sp³-hybridized carbons (Fsp3) is 1.00. The molecule has 4 rings (SSSR count). The van der Waals surface area contributed by atoms with Crippen LogP contribution in [-0.2, 0) is 12.7 Å². The first-order valence-electron chi connectivity index (χ1n) is 5.81. The third-order valence-electron chi connectivity index (χ3n) is 4.77. The average molecular weight is 285 g/mol. The molecule has 0 heterocycles. The van der Waals surface area contributed by atoms with Gasteiger partial charge in [-0.25, -0.2) is 0 Å². The minimum Gasteiger partial charge on any atom is -0.257 e. The van der Waals surface area contributed by atoms with Crippen LogP contribution in [0, 0.1) is 17.8 Å². The highest BCUT2D eigenvalue weighted by Crippen LogP contribution is 2.74. The highest BCUT2D eigenvalue weighted by molar-refractivity contribution is 7.57. The summed E-state index contributed by atoms with van der Waals surface area (Å²) in [6, 6.07) is 0. The Hall–Kier alpha value is 0.730. The predicted molar refractivity (Wildman–Crippen MR) is 62.4 cm³/mol. The van der Waals surface area contributed by atoms with Crippen molar-refractivity contribution in [3.05, 3.63) is 0 Å². The molecule has 3 nitrogen and oxygen atoms in total. The lowest BCUT2D eigenvalue weighted by atomic mass is 9.56. The maximum atomic E-state index is 12.5. The standard InChI is InChI=1S/C10H15Cl2O3P/c11-14-16(13,15-12)10-4-7-1-8(5-10)3-9(2-7)6-10/h7-9H,1-6H2. The van der Waals surface area contributed by atoms with Crippen LogP contribution in [0.5, 0.6) is 0 Å². The van der Waals surface area contributed by atoms with E-state index < -0.39 is 12.8 Å². The van der Waals surface area contributed by atoms with Crippen molar-refractivity contribution in [1.29, 1.82) is 0 Å². The molecule has 4 bridgehead atoms. The van der Waals surface area contributed by atoms with Crippen molar-refractivity contribution in [2.45, 2.75) is 43.7 Å². The fourth-order valence-corrected chi connectivity index (χ4v) is 7.45. The lowest BCUT2D eigenvalue weighted by Gasteiger charge is -2.56. The third kappa shape index (κ3) is 1.52. The zero-order valence-electron chi connectivity index (χ0n) is 8.90. The molecule has 16 heavy (non-hydrogen) atoms. The summed E-state index contributed by atoms with van der Waals surface area (Å²) >= 11 is 10.7. The van der Waals surface area contributed by atoms with Gasteiger partial charge < -0.3 is 0 Å². The second-order valence-electron chi connectivity index (χ2n) is 5.78. The van der Waals surface area contributed by atoms with Crippen LogP contribution in [0.2, 0.25) is 0 Å². The van der Waals surface area contributed by atoms with Crippen LogP contribution < -0.4 is 0 Å². The molecule has 92 valence electrons. The van der Waals surface area contributed by atoms with E-state index in [1.165, 1.54) is 19.3 Å². The molecule has 4 aliphatic rings. The lowest BCUT2D eigenvalue weighted by molar-refractivity contribution is 0.0249.